The predicted molar refractivity (Wildman–Crippen MR) is 72.2 cm³/mol. The third-order valence-corrected chi connectivity index (χ3v) is 3.13. The van der Waals surface area contributed by atoms with Gasteiger partial charge in [-0.2, -0.15) is 0 Å². The highest BCUT2D eigenvalue weighted by Crippen LogP contribution is 2.17. The van der Waals surface area contributed by atoms with E-state index in [-0.39, 0.29) is 18.2 Å². The first-order valence-corrected chi connectivity index (χ1v) is 6.96. The first-order chi connectivity index (χ1) is 7.97. The van der Waals surface area contributed by atoms with Crippen molar-refractivity contribution in [3.05, 3.63) is 0 Å². The molecule has 0 rings (SSSR count). The first-order valence-electron chi connectivity index (χ1n) is 6.96. The minimum Gasteiger partial charge on any atom is -0.446 e. The first kappa shape index (κ1) is 16.3. The fourth-order valence-electron chi connectivity index (χ4n) is 1.97. The highest BCUT2D eigenvalue weighted by molar-refractivity contribution is 5.68. The van der Waals surface area contributed by atoms with Crippen molar-refractivity contribution >= 4 is 6.09 Å². The van der Waals surface area contributed by atoms with Crippen molar-refractivity contribution in [1.29, 1.82) is 0 Å². The smallest absolute Gasteiger partial charge is 0.410 e. The average Bonchev–Trinajstić information content (AvgIpc) is 2.27. The van der Waals surface area contributed by atoms with Crippen molar-refractivity contribution in [2.45, 2.75) is 85.4 Å². The van der Waals surface area contributed by atoms with Gasteiger partial charge < -0.3 is 9.64 Å². The van der Waals surface area contributed by atoms with Gasteiger partial charge in [0.05, 0.1) is 0 Å². The molecule has 0 spiro atoms. The van der Waals surface area contributed by atoms with E-state index in [2.05, 4.69) is 27.7 Å². The molecule has 0 aliphatic carbocycles. The third-order valence-electron chi connectivity index (χ3n) is 3.13. The molecule has 102 valence electrons. The topological polar surface area (TPSA) is 29.5 Å². The number of ether oxygens (including phenoxy) is 1. The number of hydrogen-bond donors (Lipinski definition) is 0. The number of nitrogens with zero attached hydrogens (tertiary/aromatic N) is 1. The van der Waals surface area contributed by atoms with E-state index < -0.39 is 0 Å². The summed E-state index contributed by atoms with van der Waals surface area (Å²) in [5, 5.41) is 0. The molecule has 0 aromatic heterocycles. The van der Waals surface area contributed by atoms with Gasteiger partial charge in [-0.3, -0.25) is 0 Å². The van der Waals surface area contributed by atoms with Crippen LogP contribution in [0.25, 0.3) is 0 Å². The van der Waals surface area contributed by atoms with Crippen LogP contribution in [-0.2, 0) is 4.74 Å². The molecule has 0 aliphatic rings. The normalized spacial score (nSPS) is 14.5. The zero-order valence-corrected chi connectivity index (χ0v) is 12.3. The summed E-state index contributed by atoms with van der Waals surface area (Å²) >= 11 is 0. The van der Waals surface area contributed by atoms with Gasteiger partial charge in [-0.05, 0) is 40.0 Å². The number of rotatable bonds is 7. The molecule has 0 aliphatic heterocycles. The molecular weight excluding hydrogens is 214 g/mol. The molecule has 0 aromatic carbocycles. The zero-order chi connectivity index (χ0) is 13.4. The largest absolute Gasteiger partial charge is 0.446 e. The van der Waals surface area contributed by atoms with E-state index in [1.54, 1.807) is 0 Å². The van der Waals surface area contributed by atoms with Gasteiger partial charge >= 0.3 is 6.09 Å². The van der Waals surface area contributed by atoms with Crippen LogP contribution in [0.4, 0.5) is 4.79 Å². The van der Waals surface area contributed by atoms with Crippen LogP contribution in [0.1, 0.15) is 67.2 Å². The quantitative estimate of drug-likeness (QED) is 0.670. The molecule has 0 saturated carbocycles. The molecular formula is C14H29NO2. The van der Waals surface area contributed by atoms with E-state index in [9.17, 15) is 4.79 Å². The molecule has 0 heterocycles. The van der Waals surface area contributed by atoms with Gasteiger partial charge in [-0.1, -0.05) is 27.2 Å². The van der Waals surface area contributed by atoms with Gasteiger partial charge in [-0.15, -0.1) is 0 Å². The fraction of sp³-hybridized carbons (Fsp3) is 0.929. The third kappa shape index (κ3) is 5.42. The van der Waals surface area contributed by atoms with E-state index in [1.165, 1.54) is 0 Å². The Balaban J connectivity index is 4.64. The van der Waals surface area contributed by atoms with Gasteiger partial charge in [0.15, 0.2) is 0 Å². The second-order valence-corrected chi connectivity index (χ2v) is 4.95. The molecule has 0 N–H and O–H groups in total. The molecule has 0 fully saturated rings. The molecule has 0 saturated heterocycles. The number of hydrogen-bond acceptors (Lipinski definition) is 2. The molecule has 0 bridgehead atoms. The Kier molecular flexibility index (Phi) is 8.01. The highest BCUT2D eigenvalue weighted by Gasteiger charge is 2.26. The van der Waals surface area contributed by atoms with Gasteiger partial charge in [-0.25, -0.2) is 4.79 Å². The molecule has 1 amide bonds. The van der Waals surface area contributed by atoms with E-state index in [0.29, 0.717) is 6.04 Å². The fourth-order valence-corrected chi connectivity index (χ4v) is 1.97. The summed E-state index contributed by atoms with van der Waals surface area (Å²) in [5.41, 5.74) is 0. The second-order valence-electron chi connectivity index (χ2n) is 4.95. The maximum atomic E-state index is 12.1. The lowest BCUT2D eigenvalue weighted by atomic mass is 10.1. The molecule has 3 heteroatoms. The van der Waals surface area contributed by atoms with Gasteiger partial charge in [0.1, 0.15) is 6.10 Å². The number of carbonyl (C=O) groups is 1. The summed E-state index contributed by atoms with van der Waals surface area (Å²) in [4.78, 5) is 14.0. The van der Waals surface area contributed by atoms with Crippen molar-refractivity contribution in [1.82, 2.24) is 4.90 Å². The second kappa shape index (κ2) is 8.37. The van der Waals surface area contributed by atoms with Crippen molar-refractivity contribution in [2.75, 3.05) is 0 Å². The van der Waals surface area contributed by atoms with Crippen LogP contribution in [0.15, 0.2) is 0 Å². The minimum absolute atomic E-state index is 0.00267. The summed E-state index contributed by atoms with van der Waals surface area (Å²) in [6.45, 7) is 12.4. The number of amides is 1. The Labute approximate surface area is 107 Å². The Morgan fingerprint density at radius 3 is 2.06 bits per heavy atom. The van der Waals surface area contributed by atoms with Crippen LogP contribution in [0.3, 0.4) is 0 Å². The lowest BCUT2D eigenvalue weighted by Gasteiger charge is -2.34. The average molecular weight is 243 g/mol. The Bertz CT molecular complexity index is 216. The van der Waals surface area contributed by atoms with Crippen LogP contribution in [0, 0.1) is 0 Å². The molecule has 2 atom stereocenters. The van der Waals surface area contributed by atoms with Crippen LogP contribution >= 0.6 is 0 Å². The number of carbonyl (C=O) groups excluding carboxylic acids is 1. The van der Waals surface area contributed by atoms with Gasteiger partial charge in [0.2, 0.25) is 0 Å². The van der Waals surface area contributed by atoms with Crippen molar-refractivity contribution in [2.24, 2.45) is 0 Å². The summed E-state index contributed by atoms with van der Waals surface area (Å²) in [6, 6.07) is 0.500. The Hall–Kier alpha value is -0.730. The maximum absolute atomic E-state index is 12.1. The molecule has 0 aromatic rings. The predicted octanol–water partition coefficient (Wildman–Crippen LogP) is 4.21. The van der Waals surface area contributed by atoms with Gasteiger partial charge in [0, 0.05) is 12.1 Å². The van der Waals surface area contributed by atoms with Gasteiger partial charge in [0.25, 0.3) is 0 Å². The molecule has 1 unspecified atom stereocenters. The maximum Gasteiger partial charge on any atom is 0.410 e. The molecule has 0 radical (unpaired) electrons. The summed E-state index contributed by atoms with van der Waals surface area (Å²) in [6.07, 6.45) is 3.84. The van der Waals surface area contributed by atoms with E-state index in [4.69, 9.17) is 4.74 Å². The summed E-state index contributed by atoms with van der Waals surface area (Å²) in [7, 11) is 0. The minimum atomic E-state index is -0.158. The van der Waals surface area contributed by atoms with E-state index in [0.717, 1.165) is 25.7 Å². The Morgan fingerprint density at radius 1 is 1.12 bits per heavy atom. The van der Waals surface area contributed by atoms with E-state index in [1.807, 2.05) is 18.7 Å². The van der Waals surface area contributed by atoms with Crippen LogP contribution < -0.4 is 0 Å². The highest BCUT2D eigenvalue weighted by atomic mass is 16.6. The van der Waals surface area contributed by atoms with Crippen molar-refractivity contribution in [3.8, 4) is 0 Å². The lowest BCUT2D eigenvalue weighted by molar-refractivity contribution is 0.0426. The SMILES string of the molecule is CCC[C@@H](CC)N(C(=O)OC(C)CC)C(C)C. The summed E-state index contributed by atoms with van der Waals surface area (Å²) < 4.78 is 5.44. The standard InChI is InChI=1S/C14H29NO2/c1-7-10-13(9-3)15(11(4)5)14(16)17-12(6)8-2/h11-13H,7-10H2,1-6H3/t12?,13-/m1/s1. The summed E-state index contributed by atoms with van der Waals surface area (Å²) in [5.74, 6) is 0. The van der Waals surface area contributed by atoms with Crippen LogP contribution in [-0.4, -0.2) is 29.2 Å². The lowest BCUT2D eigenvalue weighted by Crippen LogP contribution is -2.45. The zero-order valence-electron chi connectivity index (χ0n) is 12.3. The van der Waals surface area contributed by atoms with Crippen LogP contribution in [0.5, 0.6) is 0 Å². The molecule has 17 heavy (non-hydrogen) atoms. The Morgan fingerprint density at radius 2 is 1.71 bits per heavy atom. The van der Waals surface area contributed by atoms with Crippen molar-refractivity contribution in [3.63, 3.8) is 0 Å². The van der Waals surface area contributed by atoms with Crippen LogP contribution in [0.2, 0.25) is 0 Å². The molecule has 3 nitrogen and oxygen atoms in total. The van der Waals surface area contributed by atoms with Crippen molar-refractivity contribution < 1.29 is 9.53 Å². The monoisotopic (exact) mass is 243 g/mol. The van der Waals surface area contributed by atoms with E-state index >= 15 is 0 Å².